The van der Waals surface area contributed by atoms with E-state index >= 15 is 0 Å². The second-order valence-electron chi connectivity index (χ2n) is 5.08. The molecule has 0 aliphatic carbocycles. The summed E-state index contributed by atoms with van der Waals surface area (Å²) in [5.41, 5.74) is 1.69. The summed E-state index contributed by atoms with van der Waals surface area (Å²) in [7, 11) is 1.58. The van der Waals surface area contributed by atoms with E-state index in [9.17, 15) is 9.59 Å². The number of nitrogens with zero attached hydrogens (tertiary/aromatic N) is 1. The van der Waals surface area contributed by atoms with Gasteiger partial charge in [0.1, 0.15) is 5.75 Å². The van der Waals surface area contributed by atoms with Crippen LogP contribution in [0.3, 0.4) is 0 Å². The van der Waals surface area contributed by atoms with E-state index in [1.54, 1.807) is 24.2 Å². The van der Waals surface area contributed by atoms with E-state index in [0.29, 0.717) is 18.8 Å². The molecule has 0 saturated carbocycles. The molecule has 1 aromatic rings. The van der Waals surface area contributed by atoms with Gasteiger partial charge in [-0.2, -0.15) is 0 Å². The van der Waals surface area contributed by atoms with Gasteiger partial charge in [0.05, 0.1) is 7.11 Å². The monoisotopic (exact) mass is 317 g/mol. The summed E-state index contributed by atoms with van der Waals surface area (Å²) in [6.45, 7) is 8.22. The molecule has 0 spiro atoms. The number of hydrogen-bond donors (Lipinski definition) is 0. The molecule has 0 heterocycles. The Hall–Kier alpha value is -2.56. The van der Waals surface area contributed by atoms with Gasteiger partial charge in [0.15, 0.2) is 6.61 Å². The summed E-state index contributed by atoms with van der Waals surface area (Å²) in [5, 5.41) is 0. The van der Waals surface area contributed by atoms with Crippen LogP contribution < -0.4 is 4.74 Å². The highest BCUT2D eigenvalue weighted by Gasteiger charge is 2.13. The van der Waals surface area contributed by atoms with Gasteiger partial charge in [-0.05, 0) is 37.6 Å². The van der Waals surface area contributed by atoms with Crippen LogP contribution >= 0.6 is 0 Å². The molecular weight excluding hydrogens is 294 g/mol. The summed E-state index contributed by atoms with van der Waals surface area (Å²) in [4.78, 5) is 25.2. The molecule has 5 heteroatoms. The van der Waals surface area contributed by atoms with Crippen LogP contribution in [0.5, 0.6) is 5.75 Å². The molecule has 0 aliphatic heterocycles. The maximum absolute atomic E-state index is 11.9. The molecule has 124 valence electrons. The number of methoxy groups -OCH3 is 1. The molecule has 0 aromatic heterocycles. The highest BCUT2D eigenvalue weighted by Crippen LogP contribution is 2.13. The van der Waals surface area contributed by atoms with Crippen LogP contribution in [0.15, 0.2) is 42.5 Å². The summed E-state index contributed by atoms with van der Waals surface area (Å²) in [6.07, 6.45) is 2.90. The largest absolute Gasteiger partial charge is 0.497 e. The maximum Gasteiger partial charge on any atom is 0.331 e. The SMILES string of the molecule is C=C(C)CN(CC)C(=O)COC(=O)/C=C/c1cccc(OC)c1. The van der Waals surface area contributed by atoms with Gasteiger partial charge in [0.2, 0.25) is 0 Å². The summed E-state index contributed by atoms with van der Waals surface area (Å²) >= 11 is 0. The first kappa shape index (κ1) is 18.5. The van der Waals surface area contributed by atoms with E-state index in [0.717, 1.165) is 11.1 Å². The van der Waals surface area contributed by atoms with E-state index in [4.69, 9.17) is 9.47 Å². The molecule has 5 nitrogen and oxygen atoms in total. The first-order valence-electron chi connectivity index (χ1n) is 7.37. The minimum absolute atomic E-state index is 0.237. The fourth-order valence-corrected chi connectivity index (χ4v) is 1.88. The van der Waals surface area contributed by atoms with Crippen molar-refractivity contribution >= 4 is 18.0 Å². The van der Waals surface area contributed by atoms with Gasteiger partial charge in [-0.25, -0.2) is 4.79 Å². The highest BCUT2D eigenvalue weighted by molar-refractivity contribution is 5.89. The van der Waals surface area contributed by atoms with Crippen LogP contribution in [0.25, 0.3) is 6.08 Å². The third-order valence-corrected chi connectivity index (χ3v) is 3.04. The van der Waals surface area contributed by atoms with Crippen LogP contribution in [0.2, 0.25) is 0 Å². The van der Waals surface area contributed by atoms with Crippen molar-refractivity contribution in [1.82, 2.24) is 4.90 Å². The quantitative estimate of drug-likeness (QED) is 0.420. The standard InChI is InChI=1S/C18H23NO4/c1-5-19(12-14(2)3)17(20)13-23-18(21)10-9-15-7-6-8-16(11-15)22-4/h6-11H,2,5,12-13H2,1,3-4H3/b10-9+. The van der Waals surface area contributed by atoms with Gasteiger partial charge in [-0.15, -0.1) is 0 Å². The van der Waals surface area contributed by atoms with E-state index in [-0.39, 0.29) is 12.5 Å². The number of rotatable bonds is 8. The van der Waals surface area contributed by atoms with Gasteiger partial charge in [0.25, 0.3) is 5.91 Å². The zero-order valence-corrected chi connectivity index (χ0v) is 13.9. The third-order valence-electron chi connectivity index (χ3n) is 3.04. The molecule has 0 N–H and O–H groups in total. The average Bonchev–Trinajstić information content (AvgIpc) is 2.55. The zero-order chi connectivity index (χ0) is 17.2. The van der Waals surface area contributed by atoms with Crippen LogP contribution in [-0.4, -0.2) is 43.6 Å². The van der Waals surface area contributed by atoms with Gasteiger partial charge in [0, 0.05) is 19.2 Å². The van der Waals surface area contributed by atoms with Crippen molar-refractivity contribution in [2.75, 3.05) is 26.8 Å². The molecule has 1 rings (SSSR count). The van der Waals surface area contributed by atoms with Gasteiger partial charge in [-0.1, -0.05) is 24.3 Å². The molecule has 0 atom stereocenters. The first-order chi connectivity index (χ1) is 11.0. The number of amides is 1. The van der Waals surface area contributed by atoms with Crippen LogP contribution in [0, 0.1) is 0 Å². The average molecular weight is 317 g/mol. The predicted molar refractivity (Wildman–Crippen MR) is 90.1 cm³/mol. The number of esters is 1. The Morgan fingerprint density at radius 3 is 2.70 bits per heavy atom. The lowest BCUT2D eigenvalue weighted by Crippen LogP contribution is -2.35. The molecule has 23 heavy (non-hydrogen) atoms. The smallest absolute Gasteiger partial charge is 0.331 e. The van der Waals surface area contributed by atoms with Crippen molar-refractivity contribution in [3.05, 3.63) is 48.1 Å². The Bertz CT molecular complexity index is 592. The minimum Gasteiger partial charge on any atom is -0.497 e. The molecule has 0 aliphatic rings. The number of benzene rings is 1. The van der Waals surface area contributed by atoms with Crippen molar-refractivity contribution in [3.8, 4) is 5.75 Å². The molecular formula is C18H23NO4. The lowest BCUT2D eigenvalue weighted by Gasteiger charge is -2.20. The van der Waals surface area contributed by atoms with Crippen LogP contribution in [0.1, 0.15) is 19.4 Å². The Morgan fingerprint density at radius 2 is 2.09 bits per heavy atom. The summed E-state index contributed by atoms with van der Waals surface area (Å²) in [5.74, 6) is -0.0970. The molecule has 1 amide bonds. The van der Waals surface area contributed by atoms with Gasteiger partial charge < -0.3 is 14.4 Å². The third kappa shape index (κ3) is 6.82. The summed E-state index contributed by atoms with van der Waals surface area (Å²) < 4.78 is 10.1. The molecule has 0 unspecified atom stereocenters. The Balaban J connectivity index is 2.51. The van der Waals surface area contributed by atoms with Gasteiger partial charge >= 0.3 is 5.97 Å². The minimum atomic E-state index is -0.562. The molecule has 0 bridgehead atoms. The fraction of sp³-hybridized carbons (Fsp3) is 0.333. The lowest BCUT2D eigenvalue weighted by molar-refractivity contribution is -0.147. The van der Waals surface area contributed by atoms with Crippen molar-refractivity contribution in [2.24, 2.45) is 0 Å². The van der Waals surface area contributed by atoms with Crippen molar-refractivity contribution in [3.63, 3.8) is 0 Å². The highest BCUT2D eigenvalue weighted by atomic mass is 16.5. The molecule has 1 aromatic carbocycles. The lowest BCUT2D eigenvalue weighted by atomic mass is 10.2. The number of ether oxygens (including phenoxy) is 2. The van der Waals surface area contributed by atoms with E-state index in [1.165, 1.54) is 6.08 Å². The molecule has 0 fully saturated rings. The Labute approximate surface area is 137 Å². The van der Waals surface area contributed by atoms with Crippen LogP contribution in [-0.2, 0) is 14.3 Å². The Kier molecular flexibility index (Phi) is 7.60. The molecule has 0 saturated heterocycles. The number of carbonyl (C=O) groups excluding carboxylic acids is 2. The van der Waals surface area contributed by atoms with Gasteiger partial charge in [-0.3, -0.25) is 4.79 Å². The normalized spacial score (nSPS) is 10.4. The summed E-state index contributed by atoms with van der Waals surface area (Å²) in [6, 6.07) is 7.27. The number of likely N-dealkylation sites (N-methyl/N-ethyl adjacent to an activating group) is 1. The maximum atomic E-state index is 11.9. The van der Waals surface area contributed by atoms with Crippen molar-refractivity contribution in [1.29, 1.82) is 0 Å². The second kappa shape index (κ2) is 9.46. The Morgan fingerprint density at radius 1 is 1.35 bits per heavy atom. The number of hydrogen-bond acceptors (Lipinski definition) is 4. The van der Waals surface area contributed by atoms with E-state index in [1.807, 2.05) is 32.0 Å². The molecule has 0 radical (unpaired) electrons. The second-order valence-corrected chi connectivity index (χ2v) is 5.08. The zero-order valence-electron chi connectivity index (χ0n) is 13.9. The van der Waals surface area contributed by atoms with Crippen molar-refractivity contribution < 1.29 is 19.1 Å². The van der Waals surface area contributed by atoms with E-state index < -0.39 is 5.97 Å². The number of carbonyl (C=O) groups is 2. The first-order valence-corrected chi connectivity index (χ1v) is 7.37. The topological polar surface area (TPSA) is 55.8 Å². The van der Waals surface area contributed by atoms with E-state index in [2.05, 4.69) is 6.58 Å². The fourth-order valence-electron chi connectivity index (χ4n) is 1.88. The van der Waals surface area contributed by atoms with Crippen molar-refractivity contribution in [2.45, 2.75) is 13.8 Å². The predicted octanol–water partition coefficient (Wildman–Crippen LogP) is 2.68. The van der Waals surface area contributed by atoms with Crippen LogP contribution in [0.4, 0.5) is 0 Å².